The fourth-order valence-corrected chi connectivity index (χ4v) is 5.45. The summed E-state index contributed by atoms with van der Waals surface area (Å²) >= 11 is 1.46. The highest BCUT2D eigenvalue weighted by molar-refractivity contribution is 7.99. The first-order valence-electron chi connectivity index (χ1n) is 12.6. The highest BCUT2D eigenvalue weighted by Crippen LogP contribution is 2.32. The monoisotopic (exact) mass is 544 g/mol. The molecule has 2 aromatic carbocycles. The molecule has 0 N–H and O–H groups in total. The molecule has 0 unspecified atom stereocenters. The number of thioether (sulfide) groups is 1. The van der Waals surface area contributed by atoms with E-state index in [2.05, 4.69) is 4.98 Å². The first-order valence-corrected chi connectivity index (χ1v) is 13.6. The molecule has 1 aromatic heterocycles. The summed E-state index contributed by atoms with van der Waals surface area (Å²) in [6.45, 7) is 3.78. The summed E-state index contributed by atoms with van der Waals surface area (Å²) < 4.78 is 40.6. The Balaban J connectivity index is 1.25. The minimum Gasteiger partial charge on any atom is -0.368 e. The standard InChI is InChI=1S/C28H31F3N4O2S/c1-20-24(18-21-8-4-3-5-9-21)26(37)33(2)27(32-20)38-17-7-12-25(36)35-15-13-34(14-16-35)23-11-6-10-22(19-23)28(29,30)31/h3-6,8-11,19H,7,12-18H2,1-2H3. The second-order valence-corrected chi connectivity index (χ2v) is 10.4. The van der Waals surface area contributed by atoms with Gasteiger partial charge in [0.2, 0.25) is 5.91 Å². The van der Waals surface area contributed by atoms with Crippen LogP contribution in [0.3, 0.4) is 0 Å². The first kappa shape index (κ1) is 27.8. The number of benzene rings is 2. The summed E-state index contributed by atoms with van der Waals surface area (Å²) in [5, 5.41) is 0.631. The van der Waals surface area contributed by atoms with Crippen LogP contribution < -0.4 is 10.5 Å². The third kappa shape index (κ3) is 6.78. The minimum atomic E-state index is -4.38. The molecule has 0 saturated carbocycles. The van der Waals surface area contributed by atoms with Crippen LogP contribution in [-0.2, 0) is 24.4 Å². The predicted octanol–water partition coefficient (Wildman–Crippen LogP) is 4.92. The van der Waals surface area contributed by atoms with Crippen molar-refractivity contribution >= 4 is 23.4 Å². The Kier molecular flexibility index (Phi) is 8.81. The van der Waals surface area contributed by atoms with Crippen LogP contribution in [-0.4, -0.2) is 52.3 Å². The number of rotatable bonds is 8. The molecular weight excluding hydrogens is 513 g/mol. The van der Waals surface area contributed by atoms with Gasteiger partial charge in [-0.1, -0.05) is 48.2 Å². The van der Waals surface area contributed by atoms with Crippen molar-refractivity contribution in [3.05, 3.63) is 87.3 Å². The third-order valence-electron chi connectivity index (χ3n) is 6.71. The smallest absolute Gasteiger partial charge is 0.368 e. The zero-order valence-corrected chi connectivity index (χ0v) is 22.3. The summed E-state index contributed by atoms with van der Waals surface area (Å²) in [5.41, 5.74) is 2.25. The molecule has 10 heteroatoms. The number of carbonyl (C=O) groups is 1. The van der Waals surface area contributed by atoms with Crippen molar-refractivity contribution in [3.8, 4) is 0 Å². The molecule has 2 heterocycles. The van der Waals surface area contributed by atoms with Crippen LogP contribution in [0.2, 0.25) is 0 Å². The molecule has 0 bridgehead atoms. The SMILES string of the molecule is Cc1nc(SCCCC(=O)N2CCN(c3cccc(C(F)(F)F)c3)CC2)n(C)c(=O)c1Cc1ccccc1. The zero-order chi connectivity index (χ0) is 27.3. The van der Waals surface area contributed by atoms with E-state index in [1.165, 1.54) is 17.8 Å². The Hall–Kier alpha value is -3.27. The van der Waals surface area contributed by atoms with Crippen LogP contribution in [0.25, 0.3) is 0 Å². The lowest BCUT2D eigenvalue weighted by Gasteiger charge is -2.36. The van der Waals surface area contributed by atoms with E-state index in [1.54, 1.807) is 22.6 Å². The maximum absolute atomic E-state index is 13.0. The van der Waals surface area contributed by atoms with Crippen LogP contribution in [0, 0.1) is 6.92 Å². The lowest BCUT2D eigenvalue weighted by molar-refractivity contribution is -0.137. The molecule has 202 valence electrons. The molecule has 0 radical (unpaired) electrons. The van der Waals surface area contributed by atoms with E-state index in [0.29, 0.717) is 73.3 Å². The molecule has 3 aromatic rings. The lowest BCUT2D eigenvalue weighted by Crippen LogP contribution is -2.48. The van der Waals surface area contributed by atoms with E-state index in [0.717, 1.165) is 17.7 Å². The number of halogens is 3. The second kappa shape index (κ2) is 12.1. The number of aryl methyl sites for hydroxylation is 1. The summed E-state index contributed by atoms with van der Waals surface area (Å²) in [4.78, 5) is 34.0. The van der Waals surface area contributed by atoms with Crippen molar-refractivity contribution < 1.29 is 18.0 Å². The van der Waals surface area contributed by atoms with Crippen LogP contribution in [0.4, 0.5) is 18.9 Å². The van der Waals surface area contributed by atoms with E-state index >= 15 is 0 Å². The molecule has 0 spiro atoms. The summed E-state index contributed by atoms with van der Waals surface area (Å²) in [6, 6.07) is 15.1. The van der Waals surface area contributed by atoms with E-state index in [1.807, 2.05) is 42.2 Å². The van der Waals surface area contributed by atoms with Crippen molar-refractivity contribution in [2.24, 2.45) is 7.05 Å². The van der Waals surface area contributed by atoms with Gasteiger partial charge in [-0.3, -0.25) is 14.2 Å². The molecule has 1 aliphatic heterocycles. The molecule has 1 aliphatic rings. The minimum absolute atomic E-state index is 0.0329. The van der Waals surface area contributed by atoms with E-state index in [-0.39, 0.29) is 11.5 Å². The number of amides is 1. The fraction of sp³-hybridized carbons (Fsp3) is 0.393. The normalized spacial score (nSPS) is 14.1. The molecule has 1 amide bonds. The van der Waals surface area contributed by atoms with Gasteiger partial charge in [-0.15, -0.1) is 0 Å². The van der Waals surface area contributed by atoms with Gasteiger partial charge in [0.1, 0.15) is 0 Å². The van der Waals surface area contributed by atoms with Gasteiger partial charge in [0, 0.05) is 68.8 Å². The maximum Gasteiger partial charge on any atom is 0.416 e. The zero-order valence-electron chi connectivity index (χ0n) is 21.5. The summed E-state index contributed by atoms with van der Waals surface area (Å²) in [5.74, 6) is 0.679. The Morgan fingerprint density at radius 2 is 1.74 bits per heavy atom. The molecule has 6 nitrogen and oxygen atoms in total. The van der Waals surface area contributed by atoms with Crippen molar-refractivity contribution in [1.29, 1.82) is 0 Å². The average Bonchev–Trinajstić information content (AvgIpc) is 2.92. The van der Waals surface area contributed by atoms with Crippen molar-refractivity contribution in [2.75, 3.05) is 36.8 Å². The molecule has 4 rings (SSSR count). The van der Waals surface area contributed by atoms with Crippen molar-refractivity contribution in [2.45, 2.75) is 37.5 Å². The molecule has 0 atom stereocenters. The van der Waals surface area contributed by atoms with Gasteiger partial charge in [0.25, 0.3) is 5.56 Å². The van der Waals surface area contributed by atoms with Crippen molar-refractivity contribution in [1.82, 2.24) is 14.5 Å². The summed E-state index contributed by atoms with van der Waals surface area (Å²) in [6.07, 6.45) is -2.84. The summed E-state index contributed by atoms with van der Waals surface area (Å²) in [7, 11) is 1.72. The number of hydrogen-bond donors (Lipinski definition) is 0. The topological polar surface area (TPSA) is 58.4 Å². The van der Waals surface area contributed by atoms with Crippen LogP contribution in [0.1, 0.15) is 35.2 Å². The molecule has 1 fully saturated rings. The van der Waals surface area contributed by atoms with Gasteiger partial charge in [-0.05, 0) is 37.1 Å². The van der Waals surface area contributed by atoms with E-state index in [9.17, 15) is 22.8 Å². The van der Waals surface area contributed by atoms with Gasteiger partial charge in [0.05, 0.1) is 5.56 Å². The van der Waals surface area contributed by atoms with Gasteiger partial charge in [-0.2, -0.15) is 13.2 Å². The first-order chi connectivity index (χ1) is 18.1. The lowest BCUT2D eigenvalue weighted by atomic mass is 10.1. The highest BCUT2D eigenvalue weighted by atomic mass is 32.2. The number of alkyl halides is 3. The number of hydrogen-bond acceptors (Lipinski definition) is 5. The largest absolute Gasteiger partial charge is 0.416 e. The number of carbonyl (C=O) groups excluding carboxylic acids is 1. The Morgan fingerprint density at radius 3 is 2.42 bits per heavy atom. The fourth-order valence-electron chi connectivity index (χ4n) is 4.50. The average molecular weight is 545 g/mol. The quantitative estimate of drug-likeness (QED) is 0.229. The number of nitrogens with zero attached hydrogens (tertiary/aromatic N) is 4. The second-order valence-electron chi connectivity index (χ2n) is 9.35. The maximum atomic E-state index is 13.0. The number of piperazine rings is 1. The Bertz CT molecular complexity index is 1320. The van der Waals surface area contributed by atoms with Gasteiger partial charge in [-0.25, -0.2) is 4.98 Å². The van der Waals surface area contributed by atoms with Crippen LogP contribution >= 0.6 is 11.8 Å². The van der Waals surface area contributed by atoms with Gasteiger partial charge >= 0.3 is 6.18 Å². The molecular formula is C28H31F3N4O2S. The Morgan fingerprint density at radius 1 is 1.03 bits per heavy atom. The van der Waals surface area contributed by atoms with E-state index < -0.39 is 11.7 Å². The molecule has 1 saturated heterocycles. The van der Waals surface area contributed by atoms with E-state index in [4.69, 9.17) is 0 Å². The van der Waals surface area contributed by atoms with Crippen LogP contribution in [0.5, 0.6) is 0 Å². The molecule has 0 aliphatic carbocycles. The van der Waals surface area contributed by atoms with Gasteiger partial charge in [0.15, 0.2) is 5.16 Å². The molecule has 38 heavy (non-hydrogen) atoms. The highest BCUT2D eigenvalue weighted by Gasteiger charge is 2.31. The third-order valence-corrected chi connectivity index (χ3v) is 7.83. The van der Waals surface area contributed by atoms with Crippen molar-refractivity contribution in [3.63, 3.8) is 0 Å². The number of aromatic nitrogens is 2. The number of anilines is 1. The van der Waals surface area contributed by atoms with Gasteiger partial charge < -0.3 is 9.80 Å². The predicted molar refractivity (Wildman–Crippen MR) is 144 cm³/mol. The Labute approximate surface area is 224 Å². The van der Waals surface area contributed by atoms with Crippen LogP contribution in [0.15, 0.2) is 64.5 Å².